The fraction of sp³-hybridized carbons (Fsp3) is 0.115. The maximum absolute atomic E-state index is 13.7. The highest BCUT2D eigenvalue weighted by atomic mass is 32.1. The number of thiophene rings is 1. The van der Waals surface area contributed by atoms with Crippen LogP contribution in [-0.2, 0) is 13.0 Å². The van der Waals surface area contributed by atoms with Crippen molar-refractivity contribution in [2.75, 3.05) is 11.9 Å². The molecule has 0 bridgehead atoms. The molecule has 33 heavy (non-hydrogen) atoms. The van der Waals surface area contributed by atoms with Gasteiger partial charge in [0.25, 0.3) is 0 Å². The summed E-state index contributed by atoms with van der Waals surface area (Å²) < 4.78 is 28.4. The number of aromatic amines is 1. The van der Waals surface area contributed by atoms with Crippen molar-refractivity contribution < 1.29 is 13.6 Å². The molecule has 164 valence electrons. The van der Waals surface area contributed by atoms with Crippen LogP contribution in [0, 0.1) is 11.6 Å². The number of aromatic nitrogens is 1. The van der Waals surface area contributed by atoms with E-state index in [9.17, 15) is 13.6 Å². The fourth-order valence-corrected chi connectivity index (χ4v) is 5.24. The summed E-state index contributed by atoms with van der Waals surface area (Å²) in [6, 6.07) is 17.0. The number of rotatable bonds is 2. The number of H-pyrrole nitrogens is 1. The van der Waals surface area contributed by atoms with Crippen LogP contribution in [0.2, 0.25) is 0 Å². The Morgan fingerprint density at radius 3 is 2.70 bits per heavy atom. The Hall–Kier alpha value is -3.71. The van der Waals surface area contributed by atoms with Gasteiger partial charge in [-0.2, -0.15) is 0 Å². The Morgan fingerprint density at radius 1 is 0.970 bits per heavy atom. The maximum Gasteiger partial charge on any atom is 0.322 e. The number of hydrogen-bond acceptors (Lipinski definition) is 2. The second-order valence-electron chi connectivity index (χ2n) is 8.27. The zero-order valence-electron chi connectivity index (χ0n) is 17.5. The average Bonchev–Trinajstić information content (AvgIpc) is 3.45. The molecular weight excluding hydrogens is 440 g/mol. The van der Waals surface area contributed by atoms with Crippen molar-refractivity contribution in [3.05, 3.63) is 88.9 Å². The molecule has 3 aromatic carbocycles. The summed E-state index contributed by atoms with van der Waals surface area (Å²) in [6.07, 6.45) is 2.31. The smallest absolute Gasteiger partial charge is 0.322 e. The first-order valence-electron chi connectivity index (χ1n) is 10.7. The van der Waals surface area contributed by atoms with Gasteiger partial charge in [0.05, 0.1) is 11.2 Å². The number of urea groups is 1. The summed E-state index contributed by atoms with van der Waals surface area (Å²) in [5, 5.41) is 6.62. The second kappa shape index (κ2) is 7.71. The number of carbonyl (C=O) groups excluding carboxylic acids is 1. The van der Waals surface area contributed by atoms with Crippen molar-refractivity contribution in [2.24, 2.45) is 0 Å². The van der Waals surface area contributed by atoms with Gasteiger partial charge in [0.15, 0.2) is 11.6 Å². The Morgan fingerprint density at radius 2 is 1.79 bits per heavy atom. The van der Waals surface area contributed by atoms with Crippen LogP contribution in [0.4, 0.5) is 19.3 Å². The van der Waals surface area contributed by atoms with Crippen molar-refractivity contribution >= 4 is 44.0 Å². The first-order valence-corrected chi connectivity index (χ1v) is 11.5. The van der Waals surface area contributed by atoms with E-state index in [-0.39, 0.29) is 6.03 Å². The van der Waals surface area contributed by atoms with Gasteiger partial charge < -0.3 is 15.2 Å². The normalized spacial score (nSPS) is 13.5. The van der Waals surface area contributed by atoms with Gasteiger partial charge in [-0.1, -0.05) is 24.3 Å². The van der Waals surface area contributed by atoms with Crippen molar-refractivity contribution in [1.29, 1.82) is 0 Å². The van der Waals surface area contributed by atoms with Crippen LogP contribution >= 0.6 is 11.3 Å². The lowest BCUT2D eigenvalue weighted by Crippen LogP contribution is -2.38. The first-order chi connectivity index (χ1) is 16.0. The molecule has 7 heteroatoms. The topological polar surface area (TPSA) is 48.1 Å². The highest BCUT2D eigenvalue weighted by Crippen LogP contribution is 2.31. The van der Waals surface area contributed by atoms with E-state index in [2.05, 4.69) is 58.1 Å². The Kier molecular flexibility index (Phi) is 4.66. The summed E-state index contributed by atoms with van der Waals surface area (Å²) in [4.78, 5) is 17.5. The van der Waals surface area contributed by atoms with E-state index in [1.165, 1.54) is 26.8 Å². The molecule has 0 spiro atoms. The number of anilines is 1. The average molecular weight is 460 g/mol. The Labute approximate surface area is 192 Å². The lowest BCUT2D eigenvalue weighted by molar-refractivity contribution is 0.206. The van der Waals surface area contributed by atoms with Gasteiger partial charge in [-0.05, 0) is 63.7 Å². The van der Waals surface area contributed by atoms with Gasteiger partial charge in [-0.15, -0.1) is 11.3 Å². The van der Waals surface area contributed by atoms with Crippen molar-refractivity contribution in [1.82, 2.24) is 9.88 Å². The molecule has 0 saturated carbocycles. The van der Waals surface area contributed by atoms with Crippen LogP contribution < -0.4 is 5.32 Å². The third-order valence-corrected chi connectivity index (χ3v) is 7.15. The van der Waals surface area contributed by atoms with Crippen LogP contribution in [-0.4, -0.2) is 22.5 Å². The molecule has 5 aromatic rings. The van der Waals surface area contributed by atoms with Crippen LogP contribution in [0.5, 0.6) is 0 Å². The zero-order valence-corrected chi connectivity index (χ0v) is 18.3. The van der Waals surface area contributed by atoms with E-state index in [1.807, 2.05) is 0 Å². The predicted molar refractivity (Wildman–Crippen MR) is 129 cm³/mol. The summed E-state index contributed by atoms with van der Waals surface area (Å²) in [6.45, 7) is 1.08. The lowest BCUT2D eigenvalue weighted by Gasteiger charge is -2.29. The van der Waals surface area contributed by atoms with Gasteiger partial charge in [0.1, 0.15) is 0 Å². The molecule has 2 amide bonds. The van der Waals surface area contributed by atoms with Crippen molar-refractivity contribution in [3.8, 4) is 11.1 Å². The predicted octanol–water partition coefficient (Wildman–Crippen LogP) is 6.92. The highest BCUT2D eigenvalue weighted by molar-refractivity contribution is 7.17. The van der Waals surface area contributed by atoms with Crippen LogP contribution in [0.15, 0.2) is 66.2 Å². The van der Waals surface area contributed by atoms with Crippen LogP contribution in [0.1, 0.15) is 11.1 Å². The lowest BCUT2D eigenvalue weighted by atomic mass is 9.94. The number of benzene rings is 3. The Bertz CT molecular complexity index is 1540. The molecule has 0 atom stereocenters. The number of hydrogen-bond donors (Lipinski definition) is 2. The molecule has 4 nitrogen and oxygen atoms in total. The van der Waals surface area contributed by atoms with E-state index < -0.39 is 11.6 Å². The quantitative estimate of drug-likeness (QED) is 0.296. The summed E-state index contributed by atoms with van der Waals surface area (Å²) in [7, 11) is 0. The van der Waals surface area contributed by atoms with Crippen molar-refractivity contribution in [3.63, 3.8) is 0 Å². The van der Waals surface area contributed by atoms with Gasteiger partial charge in [0, 0.05) is 35.4 Å². The van der Waals surface area contributed by atoms with Crippen LogP contribution in [0.3, 0.4) is 0 Å². The van der Waals surface area contributed by atoms with E-state index in [1.54, 1.807) is 22.4 Å². The minimum atomic E-state index is -0.946. The molecule has 2 N–H and O–H groups in total. The molecule has 6 rings (SSSR count). The number of halogens is 2. The SMILES string of the molecule is O=C(Nc1c[nH]c2cc(F)c(F)cc12)N1CCc2cc(-c3ccc4sccc4c3)ccc2C1. The minimum absolute atomic E-state index is 0.265. The highest BCUT2D eigenvalue weighted by Gasteiger charge is 2.22. The number of fused-ring (bicyclic) bond motifs is 3. The molecule has 2 aromatic heterocycles. The molecule has 0 radical (unpaired) electrons. The van der Waals surface area contributed by atoms with Gasteiger partial charge >= 0.3 is 6.03 Å². The van der Waals surface area contributed by atoms with Gasteiger partial charge in [-0.25, -0.2) is 13.6 Å². The summed E-state index contributed by atoms with van der Waals surface area (Å²) in [5.74, 6) is -1.87. The first kappa shape index (κ1) is 19.9. The van der Waals surface area contributed by atoms with Gasteiger partial charge in [0.2, 0.25) is 0 Å². The monoisotopic (exact) mass is 459 g/mol. The molecule has 0 saturated heterocycles. The second-order valence-corrected chi connectivity index (χ2v) is 9.22. The molecule has 1 aliphatic heterocycles. The third-order valence-electron chi connectivity index (χ3n) is 6.26. The molecule has 3 heterocycles. The Balaban J connectivity index is 1.21. The number of carbonyl (C=O) groups is 1. The zero-order chi connectivity index (χ0) is 22.5. The number of nitrogens with one attached hydrogen (secondary N) is 2. The molecular formula is C26H19F2N3OS. The molecule has 1 aliphatic rings. The van der Waals surface area contributed by atoms with E-state index in [0.717, 1.165) is 24.1 Å². The molecule has 0 unspecified atom stereocenters. The molecule has 0 aliphatic carbocycles. The largest absolute Gasteiger partial charge is 0.359 e. The minimum Gasteiger partial charge on any atom is -0.359 e. The fourth-order valence-electron chi connectivity index (χ4n) is 4.47. The molecule has 0 fully saturated rings. The summed E-state index contributed by atoms with van der Waals surface area (Å²) >= 11 is 1.74. The van der Waals surface area contributed by atoms with E-state index in [0.29, 0.717) is 29.7 Å². The van der Waals surface area contributed by atoms with Gasteiger partial charge in [-0.3, -0.25) is 0 Å². The summed E-state index contributed by atoms with van der Waals surface area (Å²) in [5.41, 5.74) is 5.58. The van der Waals surface area contributed by atoms with E-state index in [4.69, 9.17) is 0 Å². The van der Waals surface area contributed by atoms with Crippen molar-refractivity contribution in [2.45, 2.75) is 13.0 Å². The van der Waals surface area contributed by atoms with Crippen LogP contribution in [0.25, 0.3) is 32.1 Å². The number of amides is 2. The number of nitrogens with zero attached hydrogens (tertiary/aromatic N) is 1. The third kappa shape index (κ3) is 3.54. The standard InChI is InChI=1S/C26H19F2N3OS/c27-21-11-20-23(12-22(21)28)29-13-24(20)30-26(32)31-7-5-17-9-15(1-2-19(17)14-31)16-3-4-25-18(10-16)6-8-33-25/h1-4,6,8-13,29H,5,7,14H2,(H,30,32). The maximum atomic E-state index is 13.7. The van der Waals surface area contributed by atoms with E-state index >= 15 is 0 Å².